The number of nitrogens with one attached hydrogen (secondary N) is 1. The number of amides is 1. The van der Waals surface area contributed by atoms with Crippen LogP contribution in [-0.2, 0) is 12.7 Å². The van der Waals surface area contributed by atoms with Gasteiger partial charge in [0, 0.05) is 49.9 Å². The molecule has 4 aromatic rings. The summed E-state index contributed by atoms with van der Waals surface area (Å²) in [5, 5.41) is 0.948. The number of rotatable bonds is 7. The minimum atomic E-state index is -4.34. The highest BCUT2D eigenvalue weighted by Crippen LogP contribution is 2.30. The van der Waals surface area contributed by atoms with Crippen molar-refractivity contribution in [1.29, 1.82) is 0 Å². The van der Waals surface area contributed by atoms with E-state index in [-0.39, 0.29) is 5.91 Å². The van der Waals surface area contributed by atoms with Gasteiger partial charge in [0.1, 0.15) is 17.0 Å². The third-order valence-electron chi connectivity index (χ3n) is 6.66. The third-order valence-corrected chi connectivity index (χ3v) is 6.66. The number of hydrogen-bond acceptors (Lipinski definition) is 6. The molecule has 1 aromatic heterocycles. The van der Waals surface area contributed by atoms with E-state index in [0.717, 1.165) is 28.6 Å². The largest absolute Gasteiger partial charge is 0.494 e. The minimum Gasteiger partial charge on any atom is -0.494 e. The van der Waals surface area contributed by atoms with E-state index in [4.69, 9.17) is 9.57 Å². The van der Waals surface area contributed by atoms with Crippen LogP contribution in [-0.4, -0.2) is 54.0 Å². The fourth-order valence-corrected chi connectivity index (χ4v) is 4.53. The highest BCUT2D eigenvalue weighted by molar-refractivity contribution is 5.95. The Morgan fingerprint density at radius 2 is 1.69 bits per heavy atom. The Morgan fingerprint density at radius 3 is 2.41 bits per heavy atom. The first-order valence-corrected chi connectivity index (χ1v) is 12.4. The summed E-state index contributed by atoms with van der Waals surface area (Å²) in [6, 6.07) is 19.8. The Balaban J connectivity index is 1.18. The molecule has 2 heterocycles. The van der Waals surface area contributed by atoms with Crippen molar-refractivity contribution in [2.45, 2.75) is 12.7 Å². The van der Waals surface area contributed by atoms with Crippen LogP contribution in [0.1, 0.15) is 21.5 Å². The van der Waals surface area contributed by atoms with Crippen molar-refractivity contribution >= 4 is 22.5 Å². The van der Waals surface area contributed by atoms with Crippen LogP contribution in [0.15, 0.2) is 79.0 Å². The molecule has 39 heavy (non-hydrogen) atoms. The van der Waals surface area contributed by atoms with Crippen molar-refractivity contribution in [3.8, 4) is 11.5 Å². The van der Waals surface area contributed by atoms with E-state index in [0.29, 0.717) is 55.5 Å². The molecule has 10 heteroatoms. The number of para-hydroxylation sites is 1. The first-order chi connectivity index (χ1) is 18.8. The van der Waals surface area contributed by atoms with Crippen molar-refractivity contribution in [2.24, 2.45) is 0 Å². The molecule has 5 rings (SSSR count). The highest BCUT2D eigenvalue weighted by atomic mass is 19.4. The number of piperazine rings is 1. The first kappa shape index (κ1) is 26.3. The smallest absolute Gasteiger partial charge is 0.416 e. The molecular formula is C29H27F3N4O3. The molecule has 0 spiro atoms. The summed E-state index contributed by atoms with van der Waals surface area (Å²) < 4.78 is 43.9. The zero-order valence-electron chi connectivity index (χ0n) is 21.2. The zero-order chi connectivity index (χ0) is 27.4. The molecule has 1 aliphatic heterocycles. The number of fused-ring (bicyclic) bond motifs is 1. The molecule has 1 N–H and O–H groups in total. The molecule has 0 aliphatic carbocycles. The summed E-state index contributed by atoms with van der Waals surface area (Å²) in [4.78, 5) is 27.3. The van der Waals surface area contributed by atoms with Crippen LogP contribution in [0.4, 0.5) is 18.9 Å². The summed E-state index contributed by atoms with van der Waals surface area (Å²) in [5.41, 5.74) is 4.81. The third kappa shape index (κ3) is 6.06. The van der Waals surface area contributed by atoms with Crippen molar-refractivity contribution in [3.63, 3.8) is 0 Å². The molecule has 0 unspecified atom stereocenters. The van der Waals surface area contributed by atoms with E-state index < -0.39 is 11.7 Å². The molecule has 1 fully saturated rings. The normalized spacial score (nSPS) is 14.3. The number of halogens is 3. The van der Waals surface area contributed by atoms with Crippen LogP contribution in [0.25, 0.3) is 10.9 Å². The lowest BCUT2D eigenvalue weighted by molar-refractivity contribution is -0.137. The van der Waals surface area contributed by atoms with Crippen molar-refractivity contribution in [3.05, 3.63) is 95.7 Å². The number of carbonyl (C=O) groups excluding carboxylic acids is 1. The molecule has 1 saturated heterocycles. The Kier molecular flexibility index (Phi) is 7.56. The van der Waals surface area contributed by atoms with E-state index in [9.17, 15) is 18.0 Å². The molecule has 1 aliphatic rings. The Bertz CT molecular complexity index is 1450. The van der Waals surface area contributed by atoms with Crippen LogP contribution in [0.3, 0.4) is 0 Å². The van der Waals surface area contributed by atoms with Crippen LogP contribution in [0.2, 0.25) is 0 Å². The zero-order valence-corrected chi connectivity index (χ0v) is 21.2. The van der Waals surface area contributed by atoms with Gasteiger partial charge in [-0.25, -0.2) is 5.48 Å². The fourth-order valence-electron chi connectivity index (χ4n) is 4.53. The highest BCUT2D eigenvalue weighted by Gasteiger charge is 2.30. The number of hydrogen-bond donors (Lipinski definition) is 1. The van der Waals surface area contributed by atoms with Crippen molar-refractivity contribution in [1.82, 2.24) is 14.8 Å². The summed E-state index contributed by atoms with van der Waals surface area (Å²) in [6.45, 7) is 2.80. The number of ether oxygens (including phenoxy) is 1. The number of carbonyl (C=O) groups is 1. The Labute approximate surface area is 223 Å². The Hall–Kier alpha value is -4.31. The molecule has 3 aromatic carbocycles. The predicted octanol–water partition coefficient (Wildman–Crippen LogP) is 5.63. The van der Waals surface area contributed by atoms with Crippen LogP contribution < -0.4 is 15.1 Å². The van der Waals surface area contributed by atoms with Gasteiger partial charge in [-0.05, 0) is 48.0 Å². The van der Waals surface area contributed by atoms with E-state index in [2.05, 4.69) is 15.4 Å². The van der Waals surface area contributed by atoms with Gasteiger partial charge in [-0.3, -0.25) is 14.7 Å². The summed E-state index contributed by atoms with van der Waals surface area (Å²) in [7, 11) is 1.52. The summed E-state index contributed by atoms with van der Waals surface area (Å²) >= 11 is 0. The molecule has 0 bridgehead atoms. The Morgan fingerprint density at radius 1 is 0.949 bits per heavy atom. The predicted molar refractivity (Wildman–Crippen MR) is 142 cm³/mol. The van der Waals surface area contributed by atoms with Gasteiger partial charge in [0.2, 0.25) is 0 Å². The van der Waals surface area contributed by atoms with Crippen molar-refractivity contribution in [2.75, 3.05) is 38.8 Å². The maximum Gasteiger partial charge on any atom is 0.416 e. The molecular weight excluding hydrogens is 509 g/mol. The second-order valence-corrected chi connectivity index (χ2v) is 9.21. The summed E-state index contributed by atoms with van der Waals surface area (Å²) in [6.07, 6.45) is -2.65. The number of pyridine rings is 1. The van der Waals surface area contributed by atoms with Gasteiger partial charge in [0.05, 0.1) is 12.7 Å². The average molecular weight is 537 g/mol. The van der Waals surface area contributed by atoms with Gasteiger partial charge in [-0.1, -0.05) is 30.3 Å². The fraction of sp³-hybridized carbons (Fsp3) is 0.241. The topological polar surface area (TPSA) is 66.9 Å². The standard InChI is InChI=1S/C29H27F3N4O3/c1-38-26-18-22(9-12-24(26)34-39-25-6-2-4-21-5-3-13-33-27(21)25)28(37)36-16-14-35(15-17-36)19-20-7-10-23(11-8-20)29(30,31)32/h2-13,18,34H,14-17,19H2,1H3. The minimum absolute atomic E-state index is 0.117. The monoisotopic (exact) mass is 536 g/mol. The molecule has 7 nitrogen and oxygen atoms in total. The SMILES string of the molecule is COc1cc(C(=O)N2CCN(Cc3ccc(C(F)(F)F)cc3)CC2)ccc1NOc1cccc2cccnc12. The average Bonchev–Trinajstić information content (AvgIpc) is 2.96. The molecule has 0 saturated carbocycles. The molecule has 1 amide bonds. The number of anilines is 1. The quantitative estimate of drug-likeness (QED) is 0.309. The maximum absolute atomic E-state index is 13.2. The molecule has 202 valence electrons. The van der Waals surface area contributed by atoms with E-state index in [1.54, 1.807) is 29.3 Å². The van der Waals surface area contributed by atoms with Gasteiger partial charge in [-0.15, -0.1) is 0 Å². The lowest BCUT2D eigenvalue weighted by atomic mass is 10.1. The number of nitrogens with zero attached hydrogens (tertiary/aromatic N) is 3. The van der Waals surface area contributed by atoms with E-state index in [1.807, 2.05) is 30.3 Å². The second kappa shape index (κ2) is 11.2. The maximum atomic E-state index is 13.2. The van der Waals surface area contributed by atoms with E-state index >= 15 is 0 Å². The number of benzene rings is 3. The van der Waals surface area contributed by atoms with Crippen LogP contribution in [0.5, 0.6) is 11.5 Å². The van der Waals surface area contributed by atoms with Gasteiger partial charge in [-0.2, -0.15) is 13.2 Å². The van der Waals surface area contributed by atoms with Crippen LogP contribution >= 0.6 is 0 Å². The van der Waals surface area contributed by atoms with Gasteiger partial charge >= 0.3 is 6.18 Å². The van der Waals surface area contributed by atoms with Gasteiger partial charge in [0.25, 0.3) is 5.91 Å². The lowest BCUT2D eigenvalue weighted by Gasteiger charge is -2.35. The summed E-state index contributed by atoms with van der Waals surface area (Å²) in [5.74, 6) is 0.896. The number of alkyl halides is 3. The van der Waals surface area contributed by atoms with E-state index in [1.165, 1.54) is 19.2 Å². The molecule has 0 atom stereocenters. The van der Waals surface area contributed by atoms with Crippen molar-refractivity contribution < 1.29 is 27.5 Å². The van der Waals surface area contributed by atoms with Gasteiger partial charge in [0.15, 0.2) is 5.75 Å². The lowest BCUT2D eigenvalue weighted by Crippen LogP contribution is -2.48. The second-order valence-electron chi connectivity index (χ2n) is 9.21. The van der Waals surface area contributed by atoms with Crippen LogP contribution in [0, 0.1) is 0 Å². The first-order valence-electron chi connectivity index (χ1n) is 12.4. The number of methoxy groups -OCH3 is 1. The molecule has 0 radical (unpaired) electrons. The van der Waals surface area contributed by atoms with Gasteiger partial charge < -0.3 is 14.5 Å². The number of aromatic nitrogens is 1.